The summed E-state index contributed by atoms with van der Waals surface area (Å²) in [5, 5.41) is 3.07. The molecule has 184 valence electrons. The first-order valence-corrected chi connectivity index (χ1v) is 13.4. The number of nitrogens with one attached hydrogen (secondary N) is 1. The maximum atomic E-state index is 13.6. The topological polar surface area (TPSA) is 49.4 Å². The fraction of sp³-hybridized carbons (Fsp3) is 0.333. The maximum absolute atomic E-state index is 13.6. The summed E-state index contributed by atoms with van der Waals surface area (Å²) in [5.41, 5.74) is 4.47. The van der Waals surface area contributed by atoms with Crippen molar-refractivity contribution in [1.82, 2.24) is 10.2 Å². The highest BCUT2D eigenvalue weighted by molar-refractivity contribution is 7.99. The highest BCUT2D eigenvalue weighted by Gasteiger charge is 2.30. The zero-order valence-corrected chi connectivity index (χ0v) is 21.8. The maximum Gasteiger partial charge on any atom is 0.243 e. The third-order valence-electron chi connectivity index (χ3n) is 5.77. The van der Waals surface area contributed by atoms with Gasteiger partial charge in [-0.3, -0.25) is 9.59 Å². The normalized spacial score (nSPS) is 11.8. The molecule has 0 bridgehead atoms. The molecule has 0 aliphatic rings. The van der Waals surface area contributed by atoms with Crippen molar-refractivity contribution in [3.8, 4) is 0 Å². The van der Waals surface area contributed by atoms with Gasteiger partial charge in [0.2, 0.25) is 11.8 Å². The van der Waals surface area contributed by atoms with Crippen LogP contribution in [0.15, 0.2) is 84.9 Å². The van der Waals surface area contributed by atoms with E-state index in [1.54, 1.807) is 16.7 Å². The summed E-state index contributed by atoms with van der Waals surface area (Å²) in [4.78, 5) is 28.8. The number of nitrogens with zero attached hydrogens (tertiary/aromatic N) is 1. The lowest BCUT2D eigenvalue weighted by molar-refractivity contribution is -0.139. The number of thioether (sulfide) groups is 1. The monoisotopic (exact) mass is 488 g/mol. The molecule has 0 unspecified atom stereocenters. The van der Waals surface area contributed by atoms with Gasteiger partial charge >= 0.3 is 0 Å². The Morgan fingerprint density at radius 2 is 1.43 bits per heavy atom. The Kier molecular flexibility index (Phi) is 10.4. The summed E-state index contributed by atoms with van der Waals surface area (Å²) in [6.45, 7) is 7.19. The first-order valence-electron chi connectivity index (χ1n) is 12.2. The second kappa shape index (κ2) is 13.7. The molecule has 3 rings (SSSR count). The van der Waals surface area contributed by atoms with Crippen molar-refractivity contribution < 1.29 is 9.59 Å². The highest BCUT2D eigenvalue weighted by Crippen LogP contribution is 2.19. The van der Waals surface area contributed by atoms with Crippen molar-refractivity contribution in [3.05, 3.63) is 107 Å². The Balaban J connectivity index is 1.80. The van der Waals surface area contributed by atoms with Crippen LogP contribution in [0.4, 0.5) is 0 Å². The first-order chi connectivity index (χ1) is 16.9. The molecule has 4 nitrogen and oxygen atoms in total. The number of rotatable bonds is 12. The molecule has 3 aromatic carbocycles. The minimum Gasteiger partial charge on any atom is -0.354 e. The number of carbonyl (C=O) groups excluding carboxylic acids is 2. The van der Waals surface area contributed by atoms with E-state index in [2.05, 4.69) is 50.4 Å². The summed E-state index contributed by atoms with van der Waals surface area (Å²) in [6, 6.07) is 27.7. The molecule has 0 aliphatic carbocycles. The van der Waals surface area contributed by atoms with E-state index in [0.717, 1.165) is 16.9 Å². The van der Waals surface area contributed by atoms with Gasteiger partial charge in [-0.05, 0) is 29.5 Å². The van der Waals surface area contributed by atoms with E-state index in [1.165, 1.54) is 11.1 Å². The fourth-order valence-corrected chi connectivity index (χ4v) is 4.65. The molecule has 1 atom stereocenters. The van der Waals surface area contributed by atoms with Crippen LogP contribution >= 0.6 is 11.8 Å². The van der Waals surface area contributed by atoms with Gasteiger partial charge in [0.15, 0.2) is 0 Å². The van der Waals surface area contributed by atoms with E-state index < -0.39 is 6.04 Å². The summed E-state index contributed by atoms with van der Waals surface area (Å²) in [5.74, 6) is 1.29. The zero-order valence-electron chi connectivity index (χ0n) is 20.9. The lowest BCUT2D eigenvalue weighted by Crippen LogP contribution is -2.51. The fourth-order valence-electron chi connectivity index (χ4n) is 3.78. The lowest BCUT2D eigenvalue weighted by Gasteiger charge is -2.31. The van der Waals surface area contributed by atoms with Gasteiger partial charge in [0.1, 0.15) is 6.04 Å². The summed E-state index contributed by atoms with van der Waals surface area (Å²) in [7, 11) is 0. The second-order valence-electron chi connectivity index (χ2n) is 9.33. The van der Waals surface area contributed by atoms with Crippen LogP contribution in [0.3, 0.4) is 0 Å². The zero-order chi connectivity index (χ0) is 25.0. The number of hydrogen-bond donors (Lipinski definition) is 1. The third kappa shape index (κ3) is 8.91. The number of benzene rings is 3. The van der Waals surface area contributed by atoms with Crippen LogP contribution in [0.1, 0.15) is 36.1 Å². The Morgan fingerprint density at radius 1 is 0.829 bits per heavy atom. The molecule has 0 saturated heterocycles. The molecule has 35 heavy (non-hydrogen) atoms. The molecule has 0 heterocycles. The molecule has 5 heteroatoms. The molecule has 2 amide bonds. The van der Waals surface area contributed by atoms with Gasteiger partial charge in [-0.15, -0.1) is 11.8 Å². The van der Waals surface area contributed by atoms with Crippen LogP contribution in [0.2, 0.25) is 0 Å². The molecular formula is C30H36N2O2S. The average Bonchev–Trinajstić information content (AvgIpc) is 2.87. The number of aryl methyl sites for hydroxylation is 1. The molecule has 1 N–H and O–H groups in total. The van der Waals surface area contributed by atoms with Crippen LogP contribution in [-0.2, 0) is 28.3 Å². The van der Waals surface area contributed by atoms with Crippen LogP contribution in [0, 0.1) is 12.8 Å². The Labute approximate surface area is 214 Å². The largest absolute Gasteiger partial charge is 0.354 e. The van der Waals surface area contributed by atoms with Gasteiger partial charge in [-0.2, -0.15) is 0 Å². The third-order valence-corrected chi connectivity index (χ3v) is 6.75. The summed E-state index contributed by atoms with van der Waals surface area (Å²) in [6.07, 6.45) is 0.478. The van der Waals surface area contributed by atoms with Gasteiger partial charge in [-0.25, -0.2) is 0 Å². The van der Waals surface area contributed by atoms with E-state index in [0.29, 0.717) is 31.2 Å². The molecule has 0 aliphatic heterocycles. The molecule has 0 radical (unpaired) electrons. The molecule has 0 aromatic heterocycles. The Morgan fingerprint density at radius 3 is 2.03 bits per heavy atom. The van der Waals surface area contributed by atoms with Crippen LogP contribution in [0.25, 0.3) is 0 Å². The van der Waals surface area contributed by atoms with Crippen molar-refractivity contribution >= 4 is 23.6 Å². The minimum absolute atomic E-state index is 0.0217. The van der Waals surface area contributed by atoms with E-state index in [9.17, 15) is 9.59 Å². The second-order valence-corrected chi connectivity index (χ2v) is 10.3. The average molecular weight is 489 g/mol. The van der Waals surface area contributed by atoms with E-state index in [1.807, 2.05) is 60.7 Å². The standard InChI is InChI=1S/C30H36N2O2S/c1-23(2)19-31-30(34)28(18-25-10-6-4-7-11-25)32(20-26-12-8-5-9-13-26)29(33)22-35-21-27-16-14-24(3)15-17-27/h4-17,23,28H,18-22H2,1-3H3,(H,31,34)/t28-/m0/s1. The molecule has 0 fully saturated rings. The summed E-state index contributed by atoms with van der Waals surface area (Å²) < 4.78 is 0. The quantitative estimate of drug-likeness (QED) is 0.359. The van der Waals surface area contributed by atoms with Crippen molar-refractivity contribution in [3.63, 3.8) is 0 Å². The van der Waals surface area contributed by atoms with Crippen molar-refractivity contribution in [2.75, 3.05) is 12.3 Å². The van der Waals surface area contributed by atoms with E-state index >= 15 is 0 Å². The smallest absolute Gasteiger partial charge is 0.243 e. The highest BCUT2D eigenvalue weighted by atomic mass is 32.2. The minimum atomic E-state index is -0.580. The molecule has 0 spiro atoms. The lowest BCUT2D eigenvalue weighted by atomic mass is 10.0. The Hall–Kier alpha value is -3.05. The number of amides is 2. The first kappa shape index (κ1) is 26.6. The van der Waals surface area contributed by atoms with Gasteiger partial charge < -0.3 is 10.2 Å². The summed E-state index contributed by atoms with van der Waals surface area (Å²) >= 11 is 1.59. The number of carbonyl (C=O) groups is 2. The van der Waals surface area contributed by atoms with E-state index in [-0.39, 0.29) is 11.8 Å². The number of hydrogen-bond acceptors (Lipinski definition) is 3. The predicted octanol–water partition coefficient (Wildman–Crippen LogP) is 5.64. The van der Waals surface area contributed by atoms with Gasteiger partial charge in [0.05, 0.1) is 5.75 Å². The van der Waals surface area contributed by atoms with Crippen LogP contribution < -0.4 is 5.32 Å². The van der Waals surface area contributed by atoms with Crippen molar-refractivity contribution in [2.24, 2.45) is 5.92 Å². The van der Waals surface area contributed by atoms with Crippen LogP contribution in [0.5, 0.6) is 0 Å². The van der Waals surface area contributed by atoms with Crippen molar-refractivity contribution in [2.45, 2.75) is 45.5 Å². The molecule has 0 saturated carbocycles. The molecular weight excluding hydrogens is 452 g/mol. The van der Waals surface area contributed by atoms with Crippen molar-refractivity contribution in [1.29, 1.82) is 0 Å². The SMILES string of the molecule is Cc1ccc(CSCC(=O)N(Cc2ccccc2)[C@@H](Cc2ccccc2)C(=O)NCC(C)C)cc1. The van der Waals surface area contributed by atoms with Gasteiger partial charge in [0, 0.05) is 25.3 Å². The molecule has 3 aromatic rings. The van der Waals surface area contributed by atoms with Gasteiger partial charge in [0.25, 0.3) is 0 Å². The Bertz CT molecular complexity index is 1050. The van der Waals surface area contributed by atoms with Gasteiger partial charge in [-0.1, -0.05) is 104 Å². The van der Waals surface area contributed by atoms with Crippen LogP contribution in [-0.4, -0.2) is 35.1 Å². The predicted molar refractivity (Wildman–Crippen MR) is 146 cm³/mol. The van der Waals surface area contributed by atoms with E-state index in [4.69, 9.17) is 0 Å².